The van der Waals surface area contributed by atoms with Crippen LogP contribution in [0.15, 0.2) is 48.5 Å². The molecule has 1 unspecified atom stereocenters. The number of hydrogen-bond donors (Lipinski definition) is 1. The summed E-state index contributed by atoms with van der Waals surface area (Å²) in [6, 6.07) is 15.1. The first-order chi connectivity index (χ1) is 13.7. The molecule has 2 aromatic carbocycles. The molecule has 0 saturated carbocycles. The van der Waals surface area contributed by atoms with Gasteiger partial charge in [-0.1, -0.05) is 18.2 Å². The van der Waals surface area contributed by atoms with Crippen LogP contribution in [0.4, 0.5) is 10.5 Å². The number of ether oxygens (including phenoxy) is 1. The molecule has 2 aliphatic heterocycles. The van der Waals surface area contributed by atoms with E-state index in [2.05, 4.69) is 11.4 Å². The molecular formula is C22H21N3O3. The van der Waals surface area contributed by atoms with Gasteiger partial charge in [0, 0.05) is 24.0 Å². The quantitative estimate of drug-likeness (QED) is 0.730. The molecule has 3 heterocycles. The number of benzene rings is 2. The Balaban J connectivity index is 1.49. The topological polar surface area (TPSA) is 63.6 Å². The summed E-state index contributed by atoms with van der Waals surface area (Å²) in [7, 11) is 1.61. The van der Waals surface area contributed by atoms with Gasteiger partial charge < -0.3 is 15.0 Å². The van der Waals surface area contributed by atoms with Crippen LogP contribution in [-0.2, 0) is 6.42 Å². The molecule has 2 aliphatic rings. The maximum Gasteiger partial charge on any atom is 0.322 e. The van der Waals surface area contributed by atoms with Gasteiger partial charge in [0.15, 0.2) is 0 Å². The highest BCUT2D eigenvalue weighted by atomic mass is 16.5. The van der Waals surface area contributed by atoms with E-state index < -0.39 is 0 Å². The number of urea groups is 1. The van der Waals surface area contributed by atoms with Crippen molar-refractivity contribution in [1.29, 1.82) is 0 Å². The number of amides is 2. The minimum Gasteiger partial charge on any atom is -0.497 e. The second-order valence-electron chi connectivity index (χ2n) is 7.27. The number of fused-ring (bicyclic) bond motifs is 3. The molecule has 6 heteroatoms. The molecule has 142 valence electrons. The molecule has 0 bridgehead atoms. The van der Waals surface area contributed by atoms with Crippen molar-refractivity contribution in [2.45, 2.75) is 25.3 Å². The molecule has 5 rings (SSSR count). The number of aromatic nitrogens is 1. The molecule has 28 heavy (non-hydrogen) atoms. The van der Waals surface area contributed by atoms with Crippen LogP contribution in [0.1, 0.15) is 34.9 Å². The highest BCUT2D eigenvalue weighted by molar-refractivity contribution is 5.98. The number of para-hydroxylation sites is 1. The van der Waals surface area contributed by atoms with E-state index in [4.69, 9.17) is 4.74 Å². The number of hydrogen-bond acceptors (Lipinski definition) is 3. The summed E-state index contributed by atoms with van der Waals surface area (Å²) in [4.78, 5) is 27.6. The van der Waals surface area contributed by atoms with Crippen molar-refractivity contribution in [3.63, 3.8) is 0 Å². The number of nitrogens with zero attached hydrogens (tertiary/aromatic N) is 2. The zero-order valence-electron chi connectivity index (χ0n) is 15.6. The summed E-state index contributed by atoms with van der Waals surface area (Å²) >= 11 is 0. The van der Waals surface area contributed by atoms with E-state index >= 15 is 0 Å². The van der Waals surface area contributed by atoms with Crippen LogP contribution in [0.2, 0.25) is 0 Å². The normalized spacial score (nSPS) is 18.1. The van der Waals surface area contributed by atoms with Gasteiger partial charge in [-0.15, -0.1) is 0 Å². The molecule has 2 amide bonds. The molecule has 1 atom stereocenters. The molecule has 0 radical (unpaired) electrons. The SMILES string of the molecule is COc1ccc(NC(=O)N2CCc3c4n(c5ccccc35)C(=O)CCC42)cc1. The van der Waals surface area contributed by atoms with Gasteiger partial charge in [-0.2, -0.15) is 0 Å². The molecule has 1 aromatic heterocycles. The van der Waals surface area contributed by atoms with Crippen LogP contribution in [0.3, 0.4) is 0 Å². The van der Waals surface area contributed by atoms with E-state index in [0.29, 0.717) is 19.4 Å². The fourth-order valence-corrected chi connectivity index (χ4v) is 4.52. The number of rotatable bonds is 2. The van der Waals surface area contributed by atoms with Crippen molar-refractivity contribution < 1.29 is 14.3 Å². The fraction of sp³-hybridized carbons (Fsp3) is 0.273. The van der Waals surface area contributed by atoms with Crippen LogP contribution in [0.5, 0.6) is 5.75 Å². The Kier molecular flexibility index (Phi) is 3.86. The summed E-state index contributed by atoms with van der Waals surface area (Å²) in [6.07, 6.45) is 1.86. The van der Waals surface area contributed by atoms with Crippen LogP contribution in [-0.4, -0.2) is 35.1 Å². The molecule has 0 aliphatic carbocycles. The van der Waals surface area contributed by atoms with Gasteiger partial charge in [-0.3, -0.25) is 9.36 Å². The van der Waals surface area contributed by atoms with Crippen molar-refractivity contribution in [3.05, 3.63) is 59.8 Å². The van der Waals surface area contributed by atoms with Crippen LogP contribution in [0, 0.1) is 0 Å². The molecule has 1 N–H and O–H groups in total. The van der Waals surface area contributed by atoms with Crippen molar-refractivity contribution in [1.82, 2.24) is 9.47 Å². The Bertz CT molecular complexity index is 1080. The Morgan fingerprint density at radius 3 is 2.68 bits per heavy atom. The van der Waals surface area contributed by atoms with E-state index in [1.807, 2.05) is 51.9 Å². The third kappa shape index (κ3) is 2.48. The third-order valence-electron chi connectivity index (χ3n) is 5.80. The predicted octanol–water partition coefficient (Wildman–Crippen LogP) is 4.22. The third-order valence-corrected chi connectivity index (χ3v) is 5.80. The van der Waals surface area contributed by atoms with Gasteiger partial charge in [0.25, 0.3) is 0 Å². The lowest BCUT2D eigenvalue weighted by molar-refractivity contribution is 0.0837. The number of carbonyl (C=O) groups is 2. The Morgan fingerprint density at radius 2 is 1.89 bits per heavy atom. The van der Waals surface area contributed by atoms with Crippen molar-refractivity contribution >= 4 is 28.5 Å². The van der Waals surface area contributed by atoms with Crippen molar-refractivity contribution in [2.24, 2.45) is 0 Å². The summed E-state index contributed by atoms with van der Waals surface area (Å²) in [5, 5.41) is 4.12. The summed E-state index contributed by atoms with van der Waals surface area (Å²) in [5.41, 5.74) is 3.89. The Hall–Kier alpha value is -3.28. The monoisotopic (exact) mass is 375 g/mol. The molecule has 0 fully saturated rings. The first-order valence-corrected chi connectivity index (χ1v) is 9.54. The first kappa shape index (κ1) is 16.9. The summed E-state index contributed by atoms with van der Waals surface area (Å²) < 4.78 is 7.00. The van der Waals surface area contributed by atoms with Crippen LogP contribution >= 0.6 is 0 Å². The zero-order chi connectivity index (χ0) is 19.3. The van der Waals surface area contributed by atoms with Crippen molar-refractivity contribution in [2.75, 3.05) is 19.0 Å². The van der Waals surface area contributed by atoms with Gasteiger partial charge in [0.2, 0.25) is 5.91 Å². The lowest BCUT2D eigenvalue weighted by Gasteiger charge is -2.38. The van der Waals surface area contributed by atoms with E-state index in [1.165, 1.54) is 5.56 Å². The molecule has 0 spiro atoms. The summed E-state index contributed by atoms with van der Waals surface area (Å²) in [6.45, 7) is 0.641. The van der Waals surface area contributed by atoms with Gasteiger partial charge in [0.05, 0.1) is 24.4 Å². The summed E-state index contributed by atoms with van der Waals surface area (Å²) in [5.74, 6) is 0.863. The molecular weight excluding hydrogens is 354 g/mol. The zero-order valence-corrected chi connectivity index (χ0v) is 15.6. The molecule has 6 nitrogen and oxygen atoms in total. The number of methoxy groups -OCH3 is 1. The number of anilines is 1. The highest BCUT2D eigenvalue weighted by Gasteiger charge is 2.39. The number of carbonyl (C=O) groups excluding carboxylic acids is 2. The first-order valence-electron chi connectivity index (χ1n) is 9.54. The van der Waals surface area contributed by atoms with Gasteiger partial charge >= 0.3 is 6.03 Å². The molecule has 3 aromatic rings. The number of nitrogens with one attached hydrogen (secondary N) is 1. The second kappa shape index (κ2) is 6.41. The maximum absolute atomic E-state index is 13.0. The van der Waals surface area contributed by atoms with E-state index in [0.717, 1.165) is 34.5 Å². The maximum atomic E-state index is 13.0. The Labute approximate surface area is 162 Å². The predicted molar refractivity (Wildman–Crippen MR) is 107 cm³/mol. The van der Waals surface area contributed by atoms with Crippen LogP contribution < -0.4 is 10.1 Å². The lowest BCUT2D eigenvalue weighted by atomic mass is 9.92. The molecule has 0 saturated heterocycles. The average Bonchev–Trinajstić information content (AvgIpc) is 3.07. The van der Waals surface area contributed by atoms with Gasteiger partial charge in [0.1, 0.15) is 5.75 Å². The average molecular weight is 375 g/mol. The van der Waals surface area contributed by atoms with Gasteiger partial charge in [-0.25, -0.2) is 4.79 Å². The van der Waals surface area contributed by atoms with E-state index in [9.17, 15) is 9.59 Å². The van der Waals surface area contributed by atoms with Crippen molar-refractivity contribution in [3.8, 4) is 5.75 Å². The van der Waals surface area contributed by atoms with Gasteiger partial charge in [-0.05, 0) is 48.7 Å². The standard InChI is InChI=1S/C22H21N3O3/c1-28-15-8-6-14(7-9-15)23-22(27)24-13-12-17-16-4-2-3-5-18(16)25-20(26)11-10-19(24)21(17)25/h2-9,19H,10-13H2,1H3,(H,23,27). The highest BCUT2D eigenvalue weighted by Crippen LogP contribution is 2.42. The smallest absolute Gasteiger partial charge is 0.322 e. The van der Waals surface area contributed by atoms with E-state index in [1.54, 1.807) is 7.11 Å². The minimum atomic E-state index is -0.132. The lowest BCUT2D eigenvalue weighted by Crippen LogP contribution is -2.45. The van der Waals surface area contributed by atoms with E-state index in [-0.39, 0.29) is 18.0 Å². The fourth-order valence-electron chi connectivity index (χ4n) is 4.52. The second-order valence-corrected chi connectivity index (χ2v) is 7.27. The van der Waals surface area contributed by atoms with Crippen LogP contribution in [0.25, 0.3) is 10.9 Å². The Morgan fingerprint density at radius 1 is 1.11 bits per heavy atom. The largest absolute Gasteiger partial charge is 0.497 e. The minimum absolute atomic E-state index is 0.0768.